The van der Waals surface area contributed by atoms with Crippen LogP contribution in [-0.2, 0) is 0 Å². The Kier molecular flexibility index (Phi) is 3.54. The Morgan fingerprint density at radius 3 is 2.74 bits per heavy atom. The van der Waals surface area contributed by atoms with Crippen molar-refractivity contribution < 1.29 is 4.79 Å². The van der Waals surface area contributed by atoms with Gasteiger partial charge in [0.15, 0.2) is 0 Å². The molecule has 3 N–H and O–H groups in total. The summed E-state index contributed by atoms with van der Waals surface area (Å²) >= 11 is 0. The number of nitrogens with one attached hydrogen (secondary N) is 3. The molecule has 1 saturated heterocycles. The lowest BCUT2D eigenvalue weighted by Gasteiger charge is -2.37. The zero-order chi connectivity index (χ0) is 15.8. The van der Waals surface area contributed by atoms with Crippen LogP contribution in [0.4, 0.5) is 5.69 Å². The van der Waals surface area contributed by atoms with Crippen molar-refractivity contribution >= 4 is 11.6 Å². The molecule has 0 spiro atoms. The maximum atomic E-state index is 11.9. The minimum atomic E-state index is -0.0347. The second-order valence-electron chi connectivity index (χ2n) is 6.30. The fraction of sp³-hybridized carbons (Fsp3) is 0.316. The summed E-state index contributed by atoms with van der Waals surface area (Å²) in [5.41, 5.74) is 4.38. The van der Waals surface area contributed by atoms with Crippen LogP contribution < -0.4 is 16.0 Å². The molecule has 4 rings (SSSR count). The summed E-state index contributed by atoms with van der Waals surface area (Å²) in [5, 5.41) is 10.0. The molecule has 2 heterocycles. The molecule has 23 heavy (non-hydrogen) atoms. The first-order chi connectivity index (χ1) is 11.3. The second-order valence-corrected chi connectivity index (χ2v) is 6.30. The summed E-state index contributed by atoms with van der Waals surface area (Å²) in [6.45, 7) is 1.02. The molecule has 4 heteroatoms. The molecule has 2 aliphatic heterocycles. The highest BCUT2D eigenvalue weighted by atomic mass is 16.1. The quantitative estimate of drug-likeness (QED) is 0.799. The smallest absolute Gasteiger partial charge is 0.251 e. The van der Waals surface area contributed by atoms with Crippen LogP contribution in [-0.4, -0.2) is 19.5 Å². The van der Waals surface area contributed by atoms with Crippen molar-refractivity contribution in [3.63, 3.8) is 0 Å². The van der Waals surface area contributed by atoms with E-state index in [0.717, 1.165) is 24.2 Å². The summed E-state index contributed by atoms with van der Waals surface area (Å²) in [7, 11) is 1.67. The fourth-order valence-electron chi connectivity index (χ4n) is 3.93. The van der Waals surface area contributed by atoms with Crippen LogP contribution in [0.15, 0.2) is 48.5 Å². The van der Waals surface area contributed by atoms with Crippen molar-refractivity contribution in [1.29, 1.82) is 0 Å². The first-order valence-electron chi connectivity index (χ1n) is 8.19. The Hall–Kier alpha value is -2.33. The first kappa shape index (κ1) is 14.3. The number of hydrogen-bond donors (Lipinski definition) is 3. The van der Waals surface area contributed by atoms with E-state index in [2.05, 4.69) is 46.3 Å². The van der Waals surface area contributed by atoms with Gasteiger partial charge in [-0.15, -0.1) is 0 Å². The van der Waals surface area contributed by atoms with Crippen molar-refractivity contribution in [3.8, 4) is 0 Å². The van der Waals surface area contributed by atoms with E-state index in [9.17, 15) is 4.79 Å². The molecule has 2 aromatic carbocycles. The molecule has 118 valence electrons. The minimum Gasteiger partial charge on any atom is -0.378 e. The van der Waals surface area contributed by atoms with E-state index in [1.807, 2.05) is 18.2 Å². The number of carbonyl (C=O) groups is 1. The third kappa shape index (κ3) is 2.39. The summed E-state index contributed by atoms with van der Waals surface area (Å²) in [6.07, 6.45) is 1.14. The third-order valence-corrected chi connectivity index (χ3v) is 5.04. The molecule has 3 atom stereocenters. The Balaban J connectivity index is 1.75. The molecule has 0 bridgehead atoms. The van der Waals surface area contributed by atoms with Crippen LogP contribution in [0, 0.1) is 5.92 Å². The van der Waals surface area contributed by atoms with Gasteiger partial charge >= 0.3 is 0 Å². The average molecular weight is 307 g/mol. The van der Waals surface area contributed by atoms with Crippen molar-refractivity contribution in [2.24, 2.45) is 5.92 Å². The highest BCUT2D eigenvalue weighted by Gasteiger charge is 2.40. The van der Waals surface area contributed by atoms with E-state index in [-0.39, 0.29) is 5.91 Å². The molecular formula is C19H21N3O. The molecule has 2 aliphatic rings. The van der Waals surface area contributed by atoms with E-state index < -0.39 is 0 Å². The Labute approximate surface area is 136 Å². The molecule has 0 radical (unpaired) electrons. The van der Waals surface area contributed by atoms with Crippen LogP contribution in [0.25, 0.3) is 0 Å². The maximum Gasteiger partial charge on any atom is 0.251 e. The highest BCUT2D eigenvalue weighted by molar-refractivity contribution is 5.94. The van der Waals surface area contributed by atoms with Crippen molar-refractivity contribution in [2.75, 3.05) is 18.9 Å². The molecule has 0 saturated carbocycles. The molecule has 4 nitrogen and oxygen atoms in total. The molecule has 0 aromatic heterocycles. The van der Waals surface area contributed by atoms with E-state index in [4.69, 9.17) is 0 Å². The highest BCUT2D eigenvalue weighted by Crippen LogP contribution is 2.47. The molecule has 3 unspecified atom stereocenters. The minimum absolute atomic E-state index is 0.0347. The van der Waals surface area contributed by atoms with E-state index in [0.29, 0.717) is 18.0 Å². The standard InChI is InChI=1S/C19H21N3O/c1-20-19(23)13-7-8-16-15(11-13)18-14(9-10-21-18)17(22-16)12-5-3-2-4-6-12/h2-8,11,14,17-18,21-22H,9-10H2,1H3,(H,20,23). The molecule has 1 fully saturated rings. The summed E-state index contributed by atoms with van der Waals surface area (Å²) < 4.78 is 0. The van der Waals surface area contributed by atoms with Crippen molar-refractivity contribution in [2.45, 2.75) is 18.5 Å². The summed E-state index contributed by atoms with van der Waals surface area (Å²) in [5.74, 6) is 0.470. The van der Waals surface area contributed by atoms with Crippen LogP contribution in [0.5, 0.6) is 0 Å². The zero-order valence-corrected chi connectivity index (χ0v) is 13.2. The van der Waals surface area contributed by atoms with Gasteiger partial charge in [0.05, 0.1) is 6.04 Å². The van der Waals surface area contributed by atoms with Crippen LogP contribution >= 0.6 is 0 Å². The van der Waals surface area contributed by atoms with Gasteiger partial charge in [0, 0.05) is 30.3 Å². The third-order valence-electron chi connectivity index (χ3n) is 5.04. The maximum absolute atomic E-state index is 11.9. The Morgan fingerprint density at radius 2 is 1.96 bits per heavy atom. The fourth-order valence-corrected chi connectivity index (χ4v) is 3.93. The normalized spacial score (nSPS) is 25.2. The van der Waals surface area contributed by atoms with Crippen LogP contribution in [0.1, 0.15) is 40.0 Å². The van der Waals surface area contributed by atoms with Crippen LogP contribution in [0.3, 0.4) is 0 Å². The largest absolute Gasteiger partial charge is 0.378 e. The van der Waals surface area contributed by atoms with Crippen LogP contribution in [0.2, 0.25) is 0 Å². The van der Waals surface area contributed by atoms with E-state index >= 15 is 0 Å². The monoisotopic (exact) mass is 307 g/mol. The molecule has 0 aliphatic carbocycles. The van der Waals surface area contributed by atoms with Crippen molar-refractivity contribution in [3.05, 3.63) is 65.2 Å². The van der Waals surface area contributed by atoms with E-state index in [1.165, 1.54) is 11.1 Å². The number of anilines is 1. The SMILES string of the molecule is CNC(=O)c1ccc2c(c1)C1NCCC1C(c1ccccc1)N2. The Bertz CT molecular complexity index is 729. The van der Waals surface area contributed by atoms with Gasteiger partial charge in [-0.3, -0.25) is 4.79 Å². The second kappa shape index (κ2) is 5.70. The lowest BCUT2D eigenvalue weighted by Crippen LogP contribution is -2.32. The van der Waals surface area contributed by atoms with Gasteiger partial charge in [0.1, 0.15) is 0 Å². The van der Waals surface area contributed by atoms with Gasteiger partial charge in [-0.05, 0) is 42.3 Å². The molecule has 2 aromatic rings. The van der Waals surface area contributed by atoms with Gasteiger partial charge in [0.2, 0.25) is 0 Å². The van der Waals surface area contributed by atoms with E-state index in [1.54, 1.807) is 7.05 Å². The Morgan fingerprint density at radius 1 is 1.13 bits per heavy atom. The topological polar surface area (TPSA) is 53.2 Å². The van der Waals surface area contributed by atoms with Crippen molar-refractivity contribution in [1.82, 2.24) is 10.6 Å². The molecular weight excluding hydrogens is 286 g/mol. The number of benzene rings is 2. The summed E-state index contributed by atoms with van der Waals surface area (Å²) in [4.78, 5) is 11.9. The average Bonchev–Trinajstić information content (AvgIpc) is 3.10. The zero-order valence-electron chi connectivity index (χ0n) is 13.2. The lowest BCUT2D eigenvalue weighted by atomic mass is 9.80. The van der Waals surface area contributed by atoms with Gasteiger partial charge < -0.3 is 16.0 Å². The summed E-state index contributed by atoms with van der Waals surface area (Å²) in [6, 6.07) is 17.2. The predicted octanol–water partition coefficient (Wildman–Crippen LogP) is 2.86. The first-order valence-corrected chi connectivity index (χ1v) is 8.19. The van der Waals surface area contributed by atoms with Gasteiger partial charge in [-0.1, -0.05) is 30.3 Å². The number of carbonyl (C=O) groups excluding carboxylic acids is 1. The number of amides is 1. The number of rotatable bonds is 2. The predicted molar refractivity (Wildman–Crippen MR) is 91.5 cm³/mol. The molecule has 1 amide bonds. The van der Waals surface area contributed by atoms with Gasteiger partial charge in [-0.25, -0.2) is 0 Å². The number of fused-ring (bicyclic) bond motifs is 3. The lowest BCUT2D eigenvalue weighted by molar-refractivity contribution is 0.0963. The van der Waals surface area contributed by atoms with Gasteiger partial charge in [0.25, 0.3) is 5.91 Å². The number of hydrogen-bond acceptors (Lipinski definition) is 3. The van der Waals surface area contributed by atoms with Gasteiger partial charge in [-0.2, -0.15) is 0 Å².